The van der Waals surface area contributed by atoms with Crippen molar-refractivity contribution in [3.8, 4) is 0 Å². The van der Waals surface area contributed by atoms with Gasteiger partial charge in [-0.15, -0.1) is 11.3 Å². The lowest BCUT2D eigenvalue weighted by Crippen LogP contribution is -2.46. The maximum Gasteiger partial charge on any atom is 0.227 e. The van der Waals surface area contributed by atoms with E-state index in [1.807, 2.05) is 17.5 Å². The van der Waals surface area contributed by atoms with E-state index in [4.69, 9.17) is 4.74 Å². The molecule has 0 aromatic carbocycles. The Morgan fingerprint density at radius 3 is 2.68 bits per heavy atom. The van der Waals surface area contributed by atoms with Gasteiger partial charge in [0.1, 0.15) is 0 Å². The molecule has 1 N–H and O–H groups in total. The lowest BCUT2D eigenvalue weighted by Gasteiger charge is -2.24. The number of hydrogen-bond acceptors (Lipinski definition) is 5. The van der Waals surface area contributed by atoms with Crippen molar-refractivity contribution in [1.82, 2.24) is 5.32 Å². The quantitative estimate of drug-likeness (QED) is 0.766. The first-order chi connectivity index (χ1) is 9.16. The van der Waals surface area contributed by atoms with Crippen LogP contribution in [-0.4, -0.2) is 24.1 Å². The fraction of sp³-hybridized carbons (Fsp3) is 0.385. The van der Waals surface area contributed by atoms with Gasteiger partial charge in [-0.2, -0.15) is 0 Å². The topological polar surface area (TPSA) is 78.5 Å². The number of hydrogen-bond donors (Lipinski definition) is 1. The van der Waals surface area contributed by atoms with Crippen LogP contribution in [0, 0.1) is 11.8 Å². The molecule has 1 amide bonds. The van der Waals surface area contributed by atoms with E-state index in [1.165, 1.54) is 0 Å². The minimum absolute atomic E-state index is 0.292. The van der Waals surface area contributed by atoms with E-state index in [0.29, 0.717) is 6.54 Å². The molecule has 1 aromatic rings. The molecule has 1 fully saturated rings. The van der Waals surface area contributed by atoms with Crippen LogP contribution >= 0.6 is 11.3 Å². The highest BCUT2D eigenvalue weighted by atomic mass is 32.1. The number of rotatable bonds is 4. The summed E-state index contributed by atoms with van der Waals surface area (Å²) in [5, 5.41) is 15.8. The summed E-state index contributed by atoms with van der Waals surface area (Å²) in [6.45, 7) is 0.411. The van der Waals surface area contributed by atoms with Crippen LogP contribution in [0.4, 0.5) is 0 Å². The number of carbonyl (C=O) groups is 2. The second kappa shape index (κ2) is 4.79. The van der Waals surface area contributed by atoms with Crippen LogP contribution in [0.3, 0.4) is 0 Å². The second-order valence-electron chi connectivity index (χ2n) is 4.62. The van der Waals surface area contributed by atoms with Crippen LogP contribution in [0.1, 0.15) is 4.88 Å². The summed E-state index contributed by atoms with van der Waals surface area (Å²) < 4.78 is 5.43. The largest absolute Gasteiger partial charge is 0.550 e. The van der Waals surface area contributed by atoms with Crippen LogP contribution in [0.5, 0.6) is 0 Å². The molecule has 0 unspecified atom stereocenters. The summed E-state index contributed by atoms with van der Waals surface area (Å²) in [4.78, 5) is 24.3. The van der Waals surface area contributed by atoms with Gasteiger partial charge in [0.15, 0.2) is 0 Å². The third-order valence-electron chi connectivity index (χ3n) is 3.49. The molecular weight excluding hydrogens is 266 g/mol. The lowest BCUT2D eigenvalue weighted by molar-refractivity contribution is -0.313. The van der Waals surface area contributed by atoms with E-state index < -0.39 is 30.0 Å². The summed E-state index contributed by atoms with van der Waals surface area (Å²) >= 11 is 1.54. The van der Waals surface area contributed by atoms with Crippen LogP contribution in [0.2, 0.25) is 0 Å². The zero-order chi connectivity index (χ0) is 13.4. The average molecular weight is 278 g/mol. The van der Waals surface area contributed by atoms with Crippen molar-refractivity contribution >= 4 is 23.2 Å². The van der Waals surface area contributed by atoms with Gasteiger partial charge in [-0.1, -0.05) is 18.2 Å². The minimum atomic E-state index is -1.23. The predicted octanol–water partition coefficient (Wildman–Crippen LogP) is -0.316. The molecule has 3 rings (SSSR count). The molecule has 2 aliphatic heterocycles. The molecule has 0 saturated carbocycles. The Kier molecular flexibility index (Phi) is 3.12. The maximum absolute atomic E-state index is 12.1. The van der Waals surface area contributed by atoms with Gasteiger partial charge in [-0.25, -0.2) is 0 Å². The molecule has 5 nitrogen and oxygen atoms in total. The molecule has 0 aliphatic carbocycles. The molecule has 19 heavy (non-hydrogen) atoms. The van der Waals surface area contributed by atoms with Gasteiger partial charge in [-0.3, -0.25) is 4.79 Å². The highest BCUT2D eigenvalue weighted by molar-refractivity contribution is 7.09. The number of carboxylic acids is 1. The van der Waals surface area contributed by atoms with E-state index in [2.05, 4.69) is 5.32 Å². The molecule has 0 radical (unpaired) electrons. The summed E-state index contributed by atoms with van der Waals surface area (Å²) in [6, 6.07) is 3.82. The standard InChI is InChI=1S/C13H13NO4S/c15-12(14-6-7-2-1-5-19-7)10-8-3-4-9(18-8)11(10)13(16)17/h1-5,8-11H,6H2,(H,14,15)(H,16,17)/p-1/t8-,9+,10-,11+/m1/s1. The van der Waals surface area contributed by atoms with Gasteiger partial charge in [0, 0.05) is 16.8 Å². The fourth-order valence-electron chi connectivity index (χ4n) is 2.61. The maximum atomic E-state index is 12.1. The van der Waals surface area contributed by atoms with Gasteiger partial charge in [0.05, 0.1) is 24.7 Å². The lowest BCUT2D eigenvalue weighted by atomic mass is 9.82. The minimum Gasteiger partial charge on any atom is -0.550 e. The van der Waals surface area contributed by atoms with Crippen LogP contribution in [-0.2, 0) is 20.9 Å². The average Bonchev–Trinajstić information content (AvgIpc) is 3.10. The third kappa shape index (κ3) is 2.17. The van der Waals surface area contributed by atoms with Crippen molar-refractivity contribution in [2.24, 2.45) is 11.8 Å². The number of thiophene rings is 1. The van der Waals surface area contributed by atoms with Crippen molar-refractivity contribution in [3.05, 3.63) is 34.5 Å². The summed E-state index contributed by atoms with van der Waals surface area (Å²) in [7, 11) is 0. The predicted molar refractivity (Wildman–Crippen MR) is 66.0 cm³/mol. The van der Waals surface area contributed by atoms with Gasteiger partial charge >= 0.3 is 0 Å². The number of ether oxygens (including phenoxy) is 1. The van der Waals surface area contributed by atoms with Crippen molar-refractivity contribution in [2.75, 3.05) is 0 Å². The Morgan fingerprint density at radius 1 is 1.32 bits per heavy atom. The van der Waals surface area contributed by atoms with Crippen molar-refractivity contribution < 1.29 is 19.4 Å². The Hall–Kier alpha value is -1.66. The van der Waals surface area contributed by atoms with Crippen LogP contribution in [0.25, 0.3) is 0 Å². The molecule has 0 spiro atoms. The molecule has 1 aromatic heterocycles. The highest BCUT2D eigenvalue weighted by Gasteiger charge is 2.50. The smallest absolute Gasteiger partial charge is 0.227 e. The number of fused-ring (bicyclic) bond motifs is 2. The van der Waals surface area contributed by atoms with E-state index >= 15 is 0 Å². The number of carbonyl (C=O) groups excluding carboxylic acids is 2. The first kappa shape index (κ1) is 12.4. The Labute approximate surface area is 113 Å². The Balaban J connectivity index is 1.68. The first-order valence-electron chi connectivity index (χ1n) is 6.01. The Bertz CT molecular complexity index is 525. The SMILES string of the molecule is O=C([O-])[C@@H]1[C@H](C(=O)NCc2cccs2)[C@H]2C=C[C@@H]1O2. The summed E-state index contributed by atoms with van der Waals surface area (Å²) in [6.07, 6.45) is 2.46. The molecule has 4 atom stereocenters. The normalized spacial score (nSPS) is 31.6. The van der Waals surface area contributed by atoms with Gasteiger partial charge in [-0.05, 0) is 11.4 Å². The van der Waals surface area contributed by atoms with E-state index in [0.717, 1.165) is 4.88 Å². The van der Waals surface area contributed by atoms with Crippen LogP contribution in [0.15, 0.2) is 29.7 Å². The fourth-order valence-corrected chi connectivity index (χ4v) is 3.25. The zero-order valence-electron chi connectivity index (χ0n) is 9.94. The third-order valence-corrected chi connectivity index (χ3v) is 4.37. The van der Waals surface area contributed by atoms with Gasteiger partial charge in [0.25, 0.3) is 0 Å². The molecular formula is C13H12NO4S-. The molecule has 2 aliphatic rings. The van der Waals surface area contributed by atoms with E-state index in [-0.39, 0.29) is 5.91 Å². The van der Waals surface area contributed by atoms with E-state index in [9.17, 15) is 14.7 Å². The molecule has 6 heteroatoms. The van der Waals surface area contributed by atoms with Crippen molar-refractivity contribution in [1.29, 1.82) is 0 Å². The molecule has 100 valence electrons. The zero-order valence-corrected chi connectivity index (χ0v) is 10.8. The molecule has 3 heterocycles. The summed E-state index contributed by atoms with van der Waals surface area (Å²) in [5.41, 5.74) is 0. The number of amides is 1. The van der Waals surface area contributed by atoms with Crippen molar-refractivity contribution in [2.45, 2.75) is 18.8 Å². The first-order valence-corrected chi connectivity index (χ1v) is 6.89. The number of aliphatic carboxylic acids is 1. The van der Waals surface area contributed by atoms with Crippen molar-refractivity contribution in [3.63, 3.8) is 0 Å². The monoisotopic (exact) mass is 278 g/mol. The Morgan fingerprint density at radius 2 is 2.05 bits per heavy atom. The second-order valence-corrected chi connectivity index (χ2v) is 5.65. The van der Waals surface area contributed by atoms with E-state index in [1.54, 1.807) is 23.5 Å². The highest BCUT2D eigenvalue weighted by Crippen LogP contribution is 2.38. The van der Waals surface area contributed by atoms with Gasteiger partial charge < -0.3 is 20.0 Å². The number of carboxylic acid groups (broad SMARTS) is 1. The summed E-state index contributed by atoms with van der Waals surface area (Å²) in [5.74, 6) is -3.11. The molecule has 1 saturated heterocycles. The van der Waals surface area contributed by atoms with Gasteiger partial charge in [0.2, 0.25) is 5.91 Å². The van der Waals surface area contributed by atoms with Crippen LogP contribution < -0.4 is 10.4 Å². The molecule has 2 bridgehead atoms. The number of nitrogens with one attached hydrogen (secondary N) is 1.